The van der Waals surface area contributed by atoms with E-state index in [2.05, 4.69) is 10.1 Å². The molecule has 0 bridgehead atoms. The van der Waals surface area contributed by atoms with Crippen molar-refractivity contribution >= 4 is 17.5 Å². The summed E-state index contributed by atoms with van der Waals surface area (Å²) in [5.41, 5.74) is 0.701. The number of aromatic nitrogens is 3. The number of nitrogens with one attached hydrogen (secondary N) is 1. The molecule has 0 atom stereocenters. The fourth-order valence-electron chi connectivity index (χ4n) is 1.47. The first-order chi connectivity index (χ1) is 8.98. The summed E-state index contributed by atoms with van der Waals surface area (Å²) in [5, 5.41) is 3.85. The van der Waals surface area contributed by atoms with E-state index in [0.717, 1.165) is 10.8 Å². The van der Waals surface area contributed by atoms with Gasteiger partial charge in [0.2, 0.25) is 6.33 Å². The van der Waals surface area contributed by atoms with Gasteiger partial charge >= 0.3 is 5.16 Å². The number of nitrogens with zero attached hydrogens (tertiary/aromatic N) is 2. The van der Waals surface area contributed by atoms with Crippen molar-refractivity contribution in [3.63, 3.8) is 0 Å². The zero-order valence-corrected chi connectivity index (χ0v) is 12.2. The highest BCUT2D eigenvalue weighted by Gasteiger charge is 2.24. The second-order valence-corrected chi connectivity index (χ2v) is 6.25. The third-order valence-electron chi connectivity index (χ3n) is 2.74. The lowest BCUT2D eigenvalue weighted by Gasteiger charge is -2.14. The van der Waals surface area contributed by atoms with Gasteiger partial charge in [0.15, 0.2) is 5.69 Å². The van der Waals surface area contributed by atoms with Gasteiger partial charge in [-0.05, 0) is 28.9 Å². The molecule has 100 valence electrons. The van der Waals surface area contributed by atoms with Crippen molar-refractivity contribution < 1.29 is 9.48 Å². The van der Waals surface area contributed by atoms with E-state index in [1.54, 1.807) is 6.33 Å². The van der Waals surface area contributed by atoms with Gasteiger partial charge in [0.05, 0.1) is 5.75 Å². The Morgan fingerprint density at radius 1 is 1.32 bits per heavy atom. The van der Waals surface area contributed by atoms with Crippen LogP contribution >= 0.6 is 11.8 Å². The maximum absolute atomic E-state index is 11.9. The lowest BCUT2D eigenvalue weighted by molar-refractivity contribution is -0.694. The Hall–Kier alpha value is -1.62. The number of hydrogen-bond acceptors (Lipinski definition) is 3. The van der Waals surface area contributed by atoms with Gasteiger partial charge in [-0.1, -0.05) is 39.0 Å². The highest BCUT2D eigenvalue weighted by Crippen LogP contribution is 2.20. The summed E-state index contributed by atoms with van der Waals surface area (Å²) in [4.78, 5) is 16.2. The summed E-state index contributed by atoms with van der Waals surface area (Å²) in [7, 11) is 0. The van der Waals surface area contributed by atoms with E-state index in [-0.39, 0.29) is 11.2 Å². The highest BCUT2D eigenvalue weighted by atomic mass is 32.2. The molecule has 0 amide bonds. The summed E-state index contributed by atoms with van der Waals surface area (Å²) in [6.45, 7) is 5.81. The smallest absolute Gasteiger partial charge is 0.298 e. The molecular formula is C14H18N3OS+. The maximum Gasteiger partial charge on any atom is 0.385 e. The largest absolute Gasteiger partial charge is 0.385 e. The minimum absolute atomic E-state index is 0.222. The molecule has 19 heavy (non-hydrogen) atoms. The van der Waals surface area contributed by atoms with Crippen molar-refractivity contribution in [2.24, 2.45) is 5.41 Å². The van der Waals surface area contributed by atoms with Crippen LogP contribution < -0.4 is 4.68 Å². The average Bonchev–Trinajstić information content (AvgIpc) is 2.84. The third-order valence-corrected chi connectivity index (χ3v) is 3.69. The number of Topliss-reactive ketones (excluding diaryl/α,β-unsaturated/α-hetero) is 1. The van der Waals surface area contributed by atoms with Crippen molar-refractivity contribution in [3.05, 3.63) is 36.7 Å². The topological polar surface area (TPSA) is 49.6 Å². The number of benzene rings is 1. The Bertz CT molecular complexity index is 558. The number of hydrogen-bond donors (Lipinski definition) is 1. The molecule has 0 aliphatic heterocycles. The van der Waals surface area contributed by atoms with Gasteiger partial charge in [-0.2, -0.15) is 5.10 Å². The standard InChI is InChI=1S/C14H17N3OS/c1-14(2,3)12(18)9-19-13-15-10-16-17(13)11-7-5-4-6-8-11/h4-8,10H,9H2,1-3H3/p+1. The third kappa shape index (κ3) is 3.44. The fraction of sp³-hybridized carbons (Fsp3) is 0.357. The summed E-state index contributed by atoms with van der Waals surface area (Å²) >= 11 is 1.45. The molecular weight excluding hydrogens is 258 g/mol. The molecule has 0 aliphatic carbocycles. The normalized spacial score (nSPS) is 11.5. The molecule has 0 saturated carbocycles. The van der Waals surface area contributed by atoms with Gasteiger partial charge in [-0.3, -0.25) is 4.79 Å². The van der Waals surface area contributed by atoms with Gasteiger partial charge < -0.3 is 0 Å². The average molecular weight is 276 g/mol. The molecule has 0 unspecified atom stereocenters. The molecule has 5 heteroatoms. The fourth-order valence-corrected chi connectivity index (χ4v) is 2.57. The zero-order chi connectivity index (χ0) is 13.9. The Morgan fingerprint density at radius 2 is 2.00 bits per heavy atom. The van der Waals surface area contributed by atoms with Crippen LogP contribution in [0, 0.1) is 5.41 Å². The van der Waals surface area contributed by atoms with Gasteiger partial charge in [0.25, 0.3) is 0 Å². The molecule has 1 aromatic heterocycles. The SMILES string of the molecule is CC(C)(C)C(=O)CSc1nc[nH][n+]1-c1ccccc1. The highest BCUT2D eigenvalue weighted by molar-refractivity contribution is 7.99. The van der Waals surface area contributed by atoms with Crippen LogP contribution in [0.1, 0.15) is 20.8 Å². The van der Waals surface area contributed by atoms with Crippen molar-refractivity contribution in [3.8, 4) is 5.69 Å². The van der Waals surface area contributed by atoms with Gasteiger partial charge in [-0.15, -0.1) is 4.68 Å². The van der Waals surface area contributed by atoms with Crippen LogP contribution in [0.25, 0.3) is 5.69 Å². The first-order valence-corrected chi connectivity index (χ1v) is 7.14. The summed E-state index contributed by atoms with van der Waals surface area (Å²) in [6, 6.07) is 9.90. The number of para-hydroxylation sites is 1. The quantitative estimate of drug-likeness (QED) is 0.689. The maximum atomic E-state index is 11.9. The van der Waals surface area contributed by atoms with Crippen molar-refractivity contribution in [1.82, 2.24) is 10.1 Å². The molecule has 2 rings (SSSR count). The molecule has 0 fully saturated rings. The van der Waals surface area contributed by atoms with E-state index in [1.165, 1.54) is 11.8 Å². The van der Waals surface area contributed by atoms with Crippen LogP contribution in [0.5, 0.6) is 0 Å². The number of thioether (sulfide) groups is 1. The van der Waals surface area contributed by atoms with Gasteiger partial charge in [-0.25, -0.2) is 0 Å². The van der Waals surface area contributed by atoms with E-state index >= 15 is 0 Å². The van der Waals surface area contributed by atoms with Crippen LogP contribution in [0.2, 0.25) is 0 Å². The van der Waals surface area contributed by atoms with Gasteiger partial charge in [0, 0.05) is 5.41 Å². The van der Waals surface area contributed by atoms with E-state index in [1.807, 2.05) is 55.8 Å². The molecule has 2 aromatic rings. The van der Waals surface area contributed by atoms with Crippen LogP contribution in [0.4, 0.5) is 0 Å². The van der Waals surface area contributed by atoms with E-state index < -0.39 is 0 Å². The zero-order valence-electron chi connectivity index (χ0n) is 11.4. The van der Waals surface area contributed by atoms with Crippen molar-refractivity contribution in [2.45, 2.75) is 25.9 Å². The summed E-state index contributed by atoms with van der Waals surface area (Å²) in [5.74, 6) is 0.654. The Morgan fingerprint density at radius 3 is 2.63 bits per heavy atom. The Labute approximate surface area is 117 Å². The predicted molar refractivity (Wildman–Crippen MR) is 75.3 cm³/mol. The molecule has 4 nitrogen and oxygen atoms in total. The van der Waals surface area contributed by atoms with Crippen molar-refractivity contribution in [2.75, 3.05) is 5.75 Å². The second-order valence-electron chi connectivity index (χ2n) is 5.30. The Balaban J connectivity index is 2.11. The van der Waals surface area contributed by atoms with E-state index in [0.29, 0.717) is 5.75 Å². The lowest BCUT2D eigenvalue weighted by atomic mass is 9.92. The molecule has 0 saturated heterocycles. The molecule has 0 aliphatic rings. The number of H-pyrrole nitrogens is 1. The van der Waals surface area contributed by atoms with Crippen LogP contribution in [0.15, 0.2) is 41.8 Å². The molecule has 0 spiro atoms. The monoisotopic (exact) mass is 276 g/mol. The van der Waals surface area contributed by atoms with Gasteiger partial charge in [0.1, 0.15) is 5.78 Å². The molecule has 1 heterocycles. The summed E-state index contributed by atoms with van der Waals surface area (Å²) < 4.78 is 1.88. The predicted octanol–water partition coefficient (Wildman–Crippen LogP) is 2.39. The number of carbonyl (C=O) groups excluding carboxylic acids is 1. The Kier molecular flexibility index (Phi) is 4.04. The minimum atomic E-state index is -0.305. The van der Waals surface area contributed by atoms with E-state index in [4.69, 9.17) is 0 Å². The lowest BCUT2D eigenvalue weighted by Crippen LogP contribution is -2.35. The first-order valence-electron chi connectivity index (χ1n) is 6.15. The summed E-state index contributed by atoms with van der Waals surface area (Å²) in [6.07, 6.45) is 1.64. The minimum Gasteiger partial charge on any atom is -0.298 e. The first kappa shape index (κ1) is 13.8. The molecule has 0 radical (unpaired) electrons. The van der Waals surface area contributed by atoms with Crippen LogP contribution in [0.3, 0.4) is 0 Å². The number of rotatable bonds is 4. The van der Waals surface area contributed by atoms with Crippen molar-refractivity contribution in [1.29, 1.82) is 0 Å². The molecule has 1 N–H and O–H groups in total. The molecule has 1 aromatic carbocycles. The number of carbonyl (C=O) groups is 1. The van der Waals surface area contributed by atoms with Crippen LogP contribution in [-0.2, 0) is 4.79 Å². The van der Waals surface area contributed by atoms with Crippen LogP contribution in [-0.4, -0.2) is 21.6 Å². The van der Waals surface area contributed by atoms with E-state index in [9.17, 15) is 4.79 Å². The number of aromatic amines is 1. The second kappa shape index (κ2) is 5.57. The number of ketones is 1.